The molecule has 1 aliphatic rings. The summed E-state index contributed by atoms with van der Waals surface area (Å²) < 4.78 is 19.3. The van der Waals surface area contributed by atoms with E-state index in [2.05, 4.69) is 22.4 Å². The first-order chi connectivity index (χ1) is 10.2. The van der Waals surface area contributed by atoms with Crippen LogP contribution in [0.15, 0.2) is 28.8 Å². The largest absolute Gasteiger partial charge is 0.338 e. The lowest BCUT2D eigenvalue weighted by Gasteiger charge is -2.34. The molecule has 2 heterocycles. The maximum Gasteiger partial charge on any atom is 0.234 e. The Balaban J connectivity index is 1.94. The Bertz CT molecular complexity index is 600. The average molecular weight is 289 g/mol. The zero-order valence-electron chi connectivity index (χ0n) is 12.2. The van der Waals surface area contributed by atoms with Gasteiger partial charge in [-0.1, -0.05) is 30.6 Å². The van der Waals surface area contributed by atoms with Crippen LogP contribution in [0.25, 0.3) is 11.4 Å². The number of nitrogens with one attached hydrogen (secondary N) is 1. The highest BCUT2D eigenvalue weighted by Gasteiger charge is 2.38. The Morgan fingerprint density at radius 3 is 2.95 bits per heavy atom. The molecule has 1 atom stereocenters. The first-order valence-corrected chi connectivity index (χ1v) is 7.55. The number of aromatic nitrogens is 2. The van der Waals surface area contributed by atoms with E-state index in [4.69, 9.17) is 4.52 Å². The lowest BCUT2D eigenvalue weighted by molar-refractivity contribution is 0.213. The highest BCUT2D eigenvalue weighted by Crippen LogP contribution is 2.35. The van der Waals surface area contributed by atoms with Crippen molar-refractivity contribution in [3.8, 4) is 11.4 Å². The van der Waals surface area contributed by atoms with Crippen LogP contribution in [-0.2, 0) is 5.41 Å². The zero-order chi connectivity index (χ0) is 14.7. The molecule has 0 spiro atoms. The number of nitrogens with zero attached hydrogens (tertiary/aromatic N) is 2. The Morgan fingerprint density at radius 1 is 1.38 bits per heavy atom. The molecule has 1 N–H and O–H groups in total. The fraction of sp³-hybridized carbons (Fsp3) is 0.500. The summed E-state index contributed by atoms with van der Waals surface area (Å²) in [5.41, 5.74) is 0.284. The van der Waals surface area contributed by atoms with Gasteiger partial charge in [-0.2, -0.15) is 4.98 Å². The summed E-state index contributed by atoms with van der Waals surface area (Å²) in [6.45, 7) is 4.03. The van der Waals surface area contributed by atoms with Crippen molar-refractivity contribution in [1.29, 1.82) is 0 Å². The van der Waals surface area contributed by atoms with Gasteiger partial charge in [0.05, 0.1) is 11.0 Å². The number of piperidine rings is 1. The van der Waals surface area contributed by atoms with Gasteiger partial charge in [0.2, 0.25) is 11.7 Å². The fourth-order valence-corrected chi connectivity index (χ4v) is 3.14. The molecular formula is C16H20FN3O. The molecule has 1 aliphatic heterocycles. The Morgan fingerprint density at radius 2 is 2.24 bits per heavy atom. The van der Waals surface area contributed by atoms with Gasteiger partial charge >= 0.3 is 0 Å². The van der Waals surface area contributed by atoms with E-state index in [-0.39, 0.29) is 11.2 Å². The van der Waals surface area contributed by atoms with Gasteiger partial charge in [0.1, 0.15) is 5.82 Å². The summed E-state index contributed by atoms with van der Waals surface area (Å²) in [6, 6.07) is 6.52. The lowest BCUT2D eigenvalue weighted by Crippen LogP contribution is -2.43. The molecular weight excluding hydrogens is 269 g/mol. The van der Waals surface area contributed by atoms with E-state index in [0.29, 0.717) is 17.3 Å². The van der Waals surface area contributed by atoms with Crippen LogP contribution in [0.4, 0.5) is 4.39 Å². The molecule has 0 bridgehead atoms. The number of halogens is 1. The molecule has 1 saturated heterocycles. The van der Waals surface area contributed by atoms with E-state index in [1.165, 1.54) is 6.07 Å². The van der Waals surface area contributed by atoms with Gasteiger partial charge in [0, 0.05) is 6.54 Å². The summed E-state index contributed by atoms with van der Waals surface area (Å²) in [5.74, 6) is 0.648. The Kier molecular flexibility index (Phi) is 4.01. The highest BCUT2D eigenvalue weighted by molar-refractivity contribution is 5.54. The second-order valence-electron chi connectivity index (χ2n) is 5.71. The number of rotatable bonds is 4. The smallest absolute Gasteiger partial charge is 0.234 e. The van der Waals surface area contributed by atoms with Crippen molar-refractivity contribution >= 4 is 0 Å². The Hall–Kier alpha value is -1.75. The number of hydrogen-bond acceptors (Lipinski definition) is 4. The van der Waals surface area contributed by atoms with Gasteiger partial charge < -0.3 is 9.84 Å². The second-order valence-corrected chi connectivity index (χ2v) is 5.71. The van der Waals surface area contributed by atoms with Crippen molar-refractivity contribution < 1.29 is 8.91 Å². The standard InChI is InChI=1S/C16H20FN3O/c1-2-8-16(9-5-10-18-11-16)15-19-14(20-21-15)12-6-3-4-7-13(12)17/h3-4,6-7,18H,2,5,8-11H2,1H3. The van der Waals surface area contributed by atoms with Crippen molar-refractivity contribution in [2.24, 2.45) is 0 Å². The highest BCUT2D eigenvalue weighted by atomic mass is 19.1. The third-order valence-corrected chi connectivity index (χ3v) is 4.20. The minimum absolute atomic E-state index is 0.108. The molecule has 1 fully saturated rings. The van der Waals surface area contributed by atoms with Crippen LogP contribution in [0.5, 0.6) is 0 Å². The van der Waals surface area contributed by atoms with Crippen LogP contribution in [0.2, 0.25) is 0 Å². The summed E-state index contributed by atoms with van der Waals surface area (Å²) in [4.78, 5) is 4.50. The van der Waals surface area contributed by atoms with E-state index in [0.717, 1.165) is 38.8 Å². The van der Waals surface area contributed by atoms with Gasteiger partial charge in [-0.3, -0.25) is 0 Å². The SMILES string of the molecule is CCCC1(c2nc(-c3ccccc3F)no2)CCCNC1. The van der Waals surface area contributed by atoms with Crippen LogP contribution < -0.4 is 5.32 Å². The van der Waals surface area contributed by atoms with Crippen molar-refractivity contribution in [3.63, 3.8) is 0 Å². The first-order valence-electron chi connectivity index (χ1n) is 7.55. The average Bonchev–Trinajstić information content (AvgIpc) is 2.99. The maximum absolute atomic E-state index is 13.8. The third kappa shape index (κ3) is 2.70. The van der Waals surface area contributed by atoms with Crippen LogP contribution in [0.1, 0.15) is 38.5 Å². The number of benzene rings is 1. The molecule has 3 rings (SSSR count). The van der Waals surface area contributed by atoms with E-state index in [9.17, 15) is 4.39 Å². The number of hydrogen-bond donors (Lipinski definition) is 1. The van der Waals surface area contributed by atoms with E-state index in [1.54, 1.807) is 18.2 Å². The van der Waals surface area contributed by atoms with Crippen LogP contribution in [-0.4, -0.2) is 23.2 Å². The first kappa shape index (κ1) is 14.2. The van der Waals surface area contributed by atoms with E-state index >= 15 is 0 Å². The predicted molar refractivity (Wildman–Crippen MR) is 78.4 cm³/mol. The molecule has 1 aromatic carbocycles. The van der Waals surface area contributed by atoms with Gasteiger partial charge in [-0.05, 0) is 37.9 Å². The summed E-state index contributed by atoms with van der Waals surface area (Å²) in [5, 5.41) is 7.41. The molecule has 2 aromatic rings. The fourth-order valence-electron chi connectivity index (χ4n) is 3.14. The monoisotopic (exact) mass is 289 g/mol. The molecule has 4 nitrogen and oxygen atoms in total. The molecule has 0 amide bonds. The second kappa shape index (κ2) is 5.93. The minimum Gasteiger partial charge on any atom is -0.338 e. The molecule has 21 heavy (non-hydrogen) atoms. The molecule has 0 saturated carbocycles. The summed E-state index contributed by atoms with van der Waals surface area (Å²) in [6.07, 6.45) is 4.18. The third-order valence-electron chi connectivity index (χ3n) is 4.20. The molecule has 1 aromatic heterocycles. The normalized spacial score (nSPS) is 22.4. The zero-order valence-corrected chi connectivity index (χ0v) is 12.2. The van der Waals surface area contributed by atoms with Crippen molar-refractivity contribution in [2.75, 3.05) is 13.1 Å². The van der Waals surface area contributed by atoms with Crippen LogP contribution >= 0.6 is 0 Å². The minimum atomic E-state index is -0.323. The topological polar surface area (TPSA) is 51.0 Å². The van der Waals surface area contributed by atoms with Crippen LogP contribution in [0.3, 0.4) is 0 Å². The molecule has 112 valence electrons. The van der Waals surface area contributed by atoms with Crippen LogP contribution in [0, 0.1) is 5.82 Å². The van der Waals surface area contributed by atoms with E-state index in [1.807, 2.05) is 0 Å². The maximum atomic E-state index is 13.8. The van der Waals surface area contributed by atoms with Gasteiger partial charge in [-0.25, -0.2) is 4.39 Å². The predicted octanol–water partition coefficient (Wildman–Crippen LogP) is 3.30. The molecule has 0 radical (unpaired) electrons. The quantitative estimate of drug-likeness (QED) is 0.938. The van der Waals surface area contributed by atoms with Crippen molar-refractivity contribution in [3.05, 3.63) is 36.0 Å². The van der Waals surface area contributed by atoms with E-state index < -0.39 is 0 Å². The Labute approximate surface area is 123 Å². The molecule has 1 unspecified atom stereocenters. The lowest BCUT2D eigenvalue weighted by atomic mass is 9.77. The molecule has 0 aliphatic carbocycles. The van der Waals surface area contributed by atoms with Gasteiger partial charge in [0.25, 0.3) is 0 Å². The molecule has 5 heteroatoms. The van der Waals surface area contributed by atoms with Gasteiger partial charge in [0.15, 0.2) is 0 Å². The summed E-state index contributed by atoms with van der Waals surface area (Å²) >= 11 is 0. The summed E-state index contributed by atoms with van der Waals surface area (Å²) in [7, 11) is 0. The van der Waals surface area contributed by atoms with Crippen molar-refractivity contribution in [2.45, 2.75) is 38.0 Å². The van der Waals surface area contributed by atoms with Gasteiger partial charge in [-0.15, -0.1) is 0 Å². The van der Waals surface area contributed by atoms with Crippen molar-refractivity contribution in [1.82, 2.24) is 15.5 Å².